The Hall–Kier alpha value is -3.52. The Morgan fingerprint density at radius 2 is 1.91 bits per heavy atom. The molecule has 35 heavy (non-hydrogen) atoms. The third-order valence-electron chi connectivity index (χ3n) is 7.40. The number of nitrogens with one attached hydrogen (secondary N) is 1. The summed E-state index contributed by atoms with van der Waals surface area (Å²) < 4.78 is 1.81. The molecule has 0 bridgehead atoms. The zero-order valence-electron chi connectivity index (χ0n) is 21.3. The number of pyridine rings is 1. The van der Waals surface area contributed by atoms with E-state index in [1.165, 1.54) is 5.56 Å². The lowest BCUT2D eigenvalue weighted by molar-refractivity contribution is -0.141. The number of hydrogen-bond acceptors (Lipinski definition) is 5. The highest BCUT2D eigenvalue weighted by atomic mass is 16.2. The topological polar surface area (TPSA) is 82.4 Å². The lowest BCUT2D eigenvalue weighted by atomic mass is 9.93. The summed E-state index contributed by atoms with van der Waals surface area (Å²) in [6.45, 7) is 9.49. The molecule has 5 rings (SSSR count). The third-order valence-corrected chi connectivity index (χ3v) is 7.40. The number of likely N-dealkylation sites (N-methyl/N-ethyl adjacent to an activating group) is 2. The van der Waals surface area contributed by atoms with E-state index in [2.05, 4.69) is 71.2 Å². The zero-order chi connectivity index (χ0) is 24.9. The third kappa shape index (κ3) is 4.01. The van der Waals surface area contributed by atoms with Gasteiger partial charge in [0.15, 0.2) is 5.65 Å². The number of aromatic nitrogens is 5. The Balaban J connectivity index is 1.44. The van der Waals surface area contributed by atoms with Gasteiger partial charge in [-0.2, -0.15) is 10.2 Å². The Labute approximate surface area is 206 Å². The number of likely N-dealkylation sites (tertiary alicyclic amines) is 1. The van der Waals surface area contributed by atoms with Gasteiger partial charge < -0.3 is 4.90 Å². The molecule has 3 aromatic heterocycles. The first-order valence-corrected chi connectivity index (χ1v) is 12.2. The van der Waals surface area contributed by atoms with Gasteiger partial charge in [-0.3, -0.25) is 14.8 Å². The molecule has 1 aliphatic rings. The largest absolute Gasteiger partial charge is 0.338 e. The second-order valence-corrected chi connectivity index (χ2v) is 9.99. The molecular formula is C27H33N7O. The van der Waals surface area contributed by atoms with E-state index in [4.69, 9.17) is 5.10 Å². The molecule has 0 saturated carbocycles. The SMILES string of the molecule is Cc1cc(-c2[nH]nc(-c3ccc([C@H](C)N(C)C(=O)C4CCN4C)cc3)c2C(C)C)cn2ncnc12. The maximum Gasteiger partial charge on any atom is 0.240 e. The molecule has 1 amide bonds. The van der Waals surface area contributed by atoms with Crippen molar-refractivity contribution in [3.05, 3.63) is 59.5 Å². The molecule has 182 valence electrons. The highest BCUT2D eigenvalue weighted by molar-refractivity contribution is 5.83. The normalized spacial score (nSPS) is 17.1. The van der Waals surface area contributed by atoms with Crippen molar-refractivity contribution >= 4 is 11.6 Å². The highest BCUT2D eigenvalue weighted by Gasteiger charge is 2.34. The van der Waals surface area contributed by atoms with Crippen LogP contribution in [0.25, 0.3) is 28.2 Å². The maximum absolute atomic E-state index is 12.8. The number of H-pyrrole nitrogens is 1. The summed E-state index contributed by atoms with van der Waals surface area (Å²) in [7, 11) is 3.91. The van der Waals surface area contributed by atoms with E-state index in [0.29, 0.717) is 0 Å². The van der Waals surface area contributed by atoms with Crippen molar-refractivity contribution in [3.8, 4) is 22.5 Å². The monoisotopic (exact) mass is 471 g/mol. The minimum absolute atomic E-state index is 0.00208. The number of nitrogens with zero attached hydrogens (tertiary/aromatic N) is 6. The Bertz CT molecular complexity index is 1370. The van der Waals surface area contributed by atoms with Gasteiger partial charge in [-0.05, 0) is 50.4 Å². The van der Waals surface area contributed by atoms with Crippen LogP contribution >= 0.6 is 0 Å². The minimum atomic E-state index is 0.00208. The van der Waals surface area contributed by atoms with Crippen LogP contribution in [0.5, 0.6) is 0 Å². The van der Waals surface area contributed by atoms with Gasteiger partial charge in [-0.1, -0.05) is 38.1 Å². The quantitative estimate of drug-likeness (QED) is 0.450. The maximum atomic E-state index is 12.8. The molecule has 0 aliphatic carbocycles. The van der Waals surface area contributed by atoms with Crippen LogP contribution < -0.4 is 0 Å². The summed E-state index contributed by atoms with van der Waals surface area (Å²) in [6, 6.07) is 10.6. The Morgan fingerprint density at radius 3 is 2.54 bits per heavy atom. The van der Waals surface area contributed by atoms with E-state index in [1.807, 2.05) is 36.6 Å². The molecule has 1 saturated heterocycles. The van der Waals surface area contributed by atoms with Crippen LogP contribution in [0, 0.1) is 6.92 Å². The van der Waals surface area contributed by atoms with Gasteiger partial charge in [0.2, 0.25) is 5.91 Å². The van der Waals surface area contributed by atoms with Crippen LogP contribution in [0.2, 0.25) is 0 Å². The number of rotatable bonds is 6. The lowest BCUT2D eigenvalue weighted by Crippen LogP contribution is -2.54. The van der Waals surface area contributed by atoms with Crippen LogP contribution in [0.15, 0.2) is 42.9 Å². The van der Waals surface area contributed by atoms with Gasteiger partial charge in [0.05, 0.1) is 23.5 Å². The van der Waals surface area contributed by atoms with Gasteiger partial charge in [0.25, 0.3) is 0 Å². The first kappa shape index (κ1) is 23.2. The van der Waals surface area contributed by atoms with E-state index in [9.17, 15) is 4.79 Å². The number of amides is 1. The van der Waals surface area contributed by atoms with Gasteiger partial charge in [-0.15, -0.1) is 0 Å². The summed E-state index contributed by atoms with van der Waals surface area (Å²) in [5.74, 6) is 0.460. The van der Waals surface area contributed by atoms with Crippen molar-refractivity contribution in [3.63, 3.8) is 0 Å². The number of carbonyl (C=O) groups is 1. The Kier molecular flexibility index (Phi) is 5.92. The van der Waals surface area contributed by atoms with Crippen LogP contribution in [-0.4, -0.2) is 67.2 Å². The van der Waals surface area contributed by atoms with E-state index < -0.39 is 0 Å². The summed E-state index contributed by atoms with van der Waals surface area (Å²) in [5, 5.41) is 12.3. The summed E-state index contributed by atoms with van der Waals surface area (Å²) in [6.07, 6.45) is 4.51. The molecule has 1 aliphatic heterocycles. The van der Waals surface area contributed by atoms with Gasteiger partial charge >= 0.3 is 0 Å². The molecular weight excluding hydrogens is 438 g/mol. The van der Waals surface area contributed by atoms with Crippen molar-refractivity contribution < 1.29 is 4.79 Å². The predicted octanol–water partition coefficient (Wildman–Crippen LogP) is 4.44. The van der Waals surface area contributed by atoms with Gasteiger partial charge in [-0.25, -0.2) is 9.50 Å². The number of aromatic amines is 1. The molecule has 4 heterocycles. The van der Waals surface area contributed by atoms with Crippen molar-refractivity contribution in [2.24, 2.45) is 0 Å². The smallest absolute Gasteiger partial charge is 0.240 e. The second kappa shape index (κ2) is 8.92. The summed E-state index contributed by atoms with van der Waals surface area (Å²) in [5.41, 5.74) is 8.25. The van der Waals surface area contributed by atoms with E-state index in [0.717, 1.165) is 52.3 Å². The molecule has 8 nitrogen and oxygen atoms in total. The molecule has 1 aromatic carbocycles. The van der Waals surface area contributed by atoms with Crippen molar-refractivity contribution in [1.29, 1.82) is 0 Å². The molecule has 0 spiro atoms. The standard InChI is InChI=1S/C27H33N7O/c1-16(2)23-24(30-31-25(23)21-13-17(3)26-28-15-29-34(26)14-21)20-9-7-19(8-10-20)18(4)33(6)27(35)22-11-12-32(22)5/h7-10,13-16,18,22H,11-12H2,1-6H3,(H,30,31)/t18-,22?/m0/s1. The van der Waals surface area contributed by atoms with E-state index in [1.54, 1.807) is 6.33 Å². The van der Waals surface area contributed by atoms with E-state index in [-0.39, 0.29) is 23.9 Å². The molecule has 1 unspecified atom stereocenters. The zero-order valence-corrected chi connectivity index (χ0v) is 21.3. The number of benzene rings is 1. The molecule has 1 fully saturated rings. The molecule has 8 heteroatoms. The van der Waals surface area contributed by atoms with Crippen LogP contribution in [0.3, 0.4) is 0 Å². The highest BCUT2D eigenvalue weighted by Crippen LogP contribution is 2.36. The average Bonchev–Trinajstić information content (AvgIpc) is 3.50. The molecule has 0 radical (unpaired) electrons. The van der Waals surface area contributed by atoms with Crippen LogP contribution in [-0.2, 0) is 4.79 Å². The molecule has 1 N–H and O–H groups in total. The number of fused-ring (bicyclic) bond motifs is 1. The summed E-state index contributed by atoms with van der Waals surface area (Å²) in [4.78, 5) is 21.1. The van der Waals surface area contributed by atoms with Crippen molar-refractivity contribution in [2.45, 2.75) is 52.1 Å². The van der Waals surface area contributed by atoms with E-state index >= 15 is 0 Å². The first-order valence-electron chi connectivity index (χ1n) is 12.2. The average molecular weight is 472 g/mol. The van der Waals surface area contributed by atoms with Gasteiger partial charge in [0.1, 0.15) is 6.33 Å². The number of aryl methyl sites for hydroxylation is 1. The number of hydrogen-bond donors (Lipinski definition) is 1. The fourth-order valence-electron chi connectivity index (χ4n) is 4.98. The fraction of sp³-hybridized carbons (Fsp3) is 0.407. The Morgan fingerprint density at radius 1 is 1.17 bits per heavy atom. The van der Waals surface area contributed by atoms with Crippen LogP contribution in [0.4, 0.5) is 0 Å². The predicted molar refractivity (Wildman–Crippen MR) is 137 cm³/mol. The van der Waals surface area contributed by atoms with Gasteiger partial charge in [0, 0.05) is 36.5 Å². The van der Waals surface area contributed by atoms with Crippen molar-refractivity contribution in [1.82, 2.24) is 34.6 Å². The molecule has 2 atom stereocenters. The lowest BCUT2D eigenvalue weighted by Gasteiger charge is -2.40. The van der Waals surface area contributed by atoms with Crippen molar-refractivity contribution in [2.75, 3.05) is 20.6 Å². The minimum Gasteiger partial charge on any atom is -0.338 e. The first-order chi connectivity index (χ1) is 16.8. The van der Waals surface area contributed by atoms with Crippen LogP contribution in [0.1, 0.15) is 55.8 Å². The summed E-state index contributed by atoms with van der Waals surface area (Å²) >= 11 is 0. The fourth-order valence-corrected chi connectivity index (χ4v) is 4.98. The number of carbonyl (C=O) groups excluding carboxylic acids is 1. The molecule has 4 aromatic rings. The second-order valence-electron chi connectivity index (χ2n) is 9.99.